The number of halogens is 3. The van der Waals surface area contributed by atoms with Crippen molar-refractivity contribution >= 4 is 8.32 Å². The molecule has 142 valence electrons. The molecule has 1 aromatic carbocycles. The van der Waals surface area contributed by atoms with Crippen LogP contribution in [0.5, 0.6) is 5.75 Å². The van der Waals surface area contributed by atoms with Gasteiger partial charge in [0.25, 0.3) is 0 Å². The van der Waals surface area contributed by atoms with E-state index >= 15 is 0 Å². The number of hydrogen-bond donors (Lipinski definition) is 0. The van der Waals surface area contributed by atoms with Crippen molar-refractivity contribution in [1.82, 2.24) is 4.98 Å². The molecule has 3 nitrogen and oxygen atoms in total. The minimum atomic E-state index is -1.93. The summed E-state index contributed by atoms with van der Waals surface area (Å²) >= 11 is 0. The van der Waals surface area contributed by atoms with E-state index in [4.69, 9.17) is 9.16 Å². The van der Waals surface area contributed by atoms with E-state index in [2.05, 4.69) is 38.8 Å². The van der Waals surface area contributed by atoms with E-state index in [-0.39, 0.29) is 23.1 Å². The molecule has 2 aromatic rings. The highest BCUT2D eigenvalue weighted by Gasteiger charge is 2.36. The Labute approximate surface area is 153 Å². The van der Waals surface area contributed by atoms with Crippen LogP contribution in [0.25, 0.3) is 11.3 Å². The average molecular weight is 383 g/mol. The van der Waals surface area contributed by atoms with Gasteiger partial charge in [0.2, 0.25) is 0 Å². The summed E-state index contributed by atoms with van der Waals surface area (Å²) in [5.74, 6) is -2.84. The Balaban J connectivity index is 2.13. The second-order valence-corrected chi connectivity index (χ2v) is 12.3. The van der Waals surface area contributed by atoms with Crippen LogP contribution in [0.3, 0.4) is 0 Å². The van der Waals surface area contributed by atoms with E-state index in [0.717, 1.165) is 12.1 Å². The molecule has 0 fully saturated rings. The second-order valence-electron chi connectivity index (χ2n) is 7.53. The SMILES string of the molecule is CC(C)(C)[Si](C)(C)OCCOc1ccc(F)c(-c2ncccc2F)c1F. The Morgan fingerprint density at radius 1 is 1.00 bits per heavy atom. The zero-order valence-electron chi connectivity index (χ0n) is 15.7. The van der Waals surface area contributed by atoms with Crippen LogP contribution in [0.1, 0.15) is 20.8 Å². The van der Waals surface area contributed by atoms with E-state index in [9.17, 15) is 13.2 Å². The lowest BCUT2D eigenvalue weighted by molar-refractivity contribution is 0.198. The first-order valence-corrected chi connectivity index (χ1v) is 11.3. The molecule has 1 aromatic heterocycles. The largest absolute Gasteiger partial charge is 0.488 e. The van der Waals surface area contributed by atoms with Crippen molar-refractivity contribution in [2.45, 2.75) is 38.9 Å². The normalized spacial score (nSPS) is 12.3. The van der Waals surface area contributed by atoms with Gasteiger partial charge < -0.3 is 9.16 Å². The zero-order valence-corrected chi connectivity index (χ0v) is 16.7. The van der Waals surface area contributed by atoms with Gasteiger partial charge in [0.15, 0.2) is 19.9 Å². The quantitative estimate of drug-likeness (QED) is 0.483. The van der Waals surface area contributed by atoms with E-state index < -0.39 is 31.3 Å². The van der Waals surface area contributed by atoms with E-state index in [1.54, 1.807) is 0 Å². The Kier molecular flexibility index (Phi) is 6.13. The molecule has 0 atom stereocenters. The van der Waals surface area contributed by atoms with Crippen molar-refractivity contribution in [3.05, 3.63) is 47.9 Å². The number of hydrogen-bond acceptors (Lipinski definition) is 3. The minimum Gasteiger partial charge on any atom is -0.488 e. The van der Waals surface area contributed by atoms with E-state index in [1.165, 1.54) is 18.3 Å². The molecule has 0 aliphatic heterocycles. The summed E-state index contributed by atoms with van der Waals surface area (Å²) in [5, 5.41) is 0.0534. The lowest BCUT2D eigenvalue weighted by Crippen LogP contribution is -2.41. The number of pyridine rings is 1. The van der Waals surface area contributed by atoms with E-state index in [1.807, 2.05) is 0 Å². The molecule has 0 N–H and O–H groups in total. The van der Waals surface area contributed by atoms with Gasteiger partial charge in [-0.05, 0) is 42.4 Å². The van der Waals surface area contributed by atoms with Gasteiger partial charge in [0, 0.05) is 6.20 Å². The third-order valence-corrected chi connectivity index (χ3v) is 9.20. The molecule has 0 amide bonds. The maximum atomic E-state index is 14.6. The average Bonchev–Trinajstić information content (AvgIpc) is 2.54. The summed E-state index contributed by atoms with van der Waals surface area (Å²) in [6, 6.07) is 4.67. The first-order chi connectivity index (χ1) is 12.0. The van der Waals surface area contributed by atoms with Gasteiger partial charge in [-0.3, -0.25) is 4.98 Å². The molecule has 0 radical (unpaired) electrons. The Morgan fingerprint density at radius 2 is 1.69 bits per heavy atom. The van der Waals surface area contributed by atoms with Crippen molar-refractivity contribution < 1.29 is 22.3 Å². The molecule has 0 aliphatic rings. The first kappa shape index (κ1) is 20.4. The molecule has 0 aliphatic carbocycles. The smallest absolute Gasteiger partial charge is 0.192 e. The molecular weight excluding hydrogens is 359 g/mol. The Bertz CT molecular complexity index is 776. The number of aromatic nitrogens is 1. The second kappa shape index (κ2) is 7.80. The molecule has 7 heteroatoms. The van der Waals surface area contributed by atoms with Crippen LogP contribution in [0.15, 0.2) is 30.5 Å². The molecule has 1 heterocycles. The molecule has 0 saturated heterocycles. The van der Waals surface area contributed by atoms with Crippen molar-refractivity contribution in [3.8, 4) is 17.0 Å². The summed E-state index contributed by atoms with van der Waals surface area (Å²) < 4.78 is 53.9. The van der Waals surface area contributed by atoms with Gasteiger partial charge in [-0.15, -0.1) is 0 Å². The topological polar surface area (TPSA) is 31.4 Å². The highest BCUT2D eigenvalue weighted by Crippen LogP contribution is 2.36. The van der Waals surface area contributed by atoms with Crippen molar-refractivity contribution in [1.29, 1.82) is 0 Å². The monoisotopic (exact) mass is 383 g/mol. The maximum absolute atomic E-state index is 14.6. The van der Waals surface area contributed by atoms with Crippen molar-refractivity contribution in [2.24, 2.45) is 0 Å². The number of nitrogens with zero attached hydrogens (tertiary/aromatic N) is 1. The summed E-state index contributed by atoms with van der Waals surface area (Å²) in [7, 11) is -1.93. The molecular formula is C19H24F3NO2Si. The molecule has 0 saturated carbocycles. The number of ether oxygens (including phenoxy) is 1. The standard InChI is InChI=1S/C19H24F3NO2Si/c1-19(2,3)26(4,5)25-12-11-24-15-9-8-13(20)16(17(15)22)18-14(21)7-6-10-23-18/h6-10H,11-12H2,1-5H3. The van der Waals surface area contributed by atoms with Gasteiger partial charge >= 0.3 is 0 Å². The summed E-state index contributed by atoms with van der Waals surface area (Å²) in [4.78, 5) is 3.74. The van der Waals surface area contributed by atoms with Crippen LogP contribution in [-0.4, -0.2) is 26.5 Å². The molecule has 0 spiro atoms. The highest BCUT2D eigenvalue weighted by molar-refractivity contribution is 6.74. The fraction of sp³-hybridized carbons (Fsp3) is 0.421. The Morgan fingerprint density at radius 3 is 2.31 bits per heavy atom. The van der Waals surface area contributed by atoms with Gasteiger partial charge in [0.1, 0.15) is 23.9 Å². The fourth-order valence-electron chi connectivity index (χ4n) is 2.10. The third-order valence-electron chi connectivity index (χ3n) is 4.66. The predicted octanol–water partition coefficient (Wildman–Crippen LogP) is 5.57. The van der Waals surface area contributed by atoms with Crippen molar-refractivity contribution in [3.63, 3.8) is 0 Å². The van der Waals surface area contributed by atoms with Crippen LogP contribution >= 0.6 is 0 Å². The molecule has 0 bridgehead atoms. The zero-order chi connectivity index (χ0) is 19.5. The Hall–Kier alpha value is -1.86. The lowest BCUT2D eigenvalue weighted by atomic mass is 10.1. The highest BCUT2D eigenvalue weighted by atomic mass is 28.4. The van der Waals surface area contributed by atoms with Gasteiger partial charge in [-0.25, -0.2) is 13.2 Å². The number of rotatable bonds is 6. The molecule has 0 unspecified atom stereocenters. The summed E-state index contributed by atoms with van der Waals surface area (Å²) in [5.41, 5.74) is -0.920. The number of benzene rings is 1. The minimum absolute atomic E-state index is 0.0534. The lowest BCUT2D eigenvalue weighted by Gasteiger charge is -2.36. The van der Waals surface area contributed by atoms with Crippen LogP contribution in [0.2, 0.25) is 18.1 Å². The first-order valence-electron chi connectivity index (χ1n) is 8.40. The van der Waals surface area contributed by atoms with Crippen LogP contribution < -0.4 is 4.74 Å². The van der Waals surface area contributed by atoms with Gasteiger partial charge in [-0.2, -0.15) is 0 Å². The fourth-order valence-corrected chi connectivity index (χ4v) is 3.12. The van der Waals surface area contributed by atoms with Crippen LogP contribution in [0.4, 0.5) is 13.2 Å². The summed E-state index contributed by atoms with van der Waals surface area (Å²) in [6.45, 7) is 11.0. The molecule has 2 rings (SSSR count). The third kappa shape index (κ3) is 4.45. The van der Waals surface area contributed by atoms with Gasteiger partial charge in [0.05, 0.1) is 12.2 Å². The van der Waals surface area contributed by atoms with E-state index in [0.29, 0.717) is 6.61 Å². The summed E-state index contributed by atoms with van der Waals surface area (Å²) in [6.07, 6.45) is 1.28. The maximum Gasteiger partial charge on any atom is 0.192 e. The van der Waals surface area contributed by atoms with Gasteiger partial charge in [-0.1, -0.05) is 20.8 Å². The van der Waals surface area contributed by atoms with Crippen molar-refractivity contribution in [2.75, 3.05) is 13.2 Å². The van der Waals surface area contributed by atoms with Crippen LogP contribution in [0, 0.1) is 17.5 Å². The predicted molar refractivity (Wildman–Crippen MR) is 98.2 cm³/mol. The molecule has 26 heavy (non-hydrogen) atoms. The van der Waals surface area contributed by atoms with Crippen LogP contribution in [-0.2, 0) is 4.43 Å².